The minimum atomic E-state index is -0.875. The fourth-order valence-corrected chi connectivity index (χ4v) is 1.86. The van der Waals surface area contributed by atoms with E-state index in [1.165, 1.54) is 7.11 Å². The van der Waals surface area contributed by atoms with Crippen LogP contribution in [0.1, 0.15) is 0 Å². The summed E-state index contributed by atoms with van der Waals surface area (Å²) in [6.45, 7) is 0. The van der Waals surface area contributed by atoms with E-state index in [2.05, 4.69) is 31.7 Å². The van der Waals surface area contributed by atoms with E-state index in [1.807, 2.05) is 0 Å². The van der Waals surface area contributed by atoms with Gasteiger partial charge in [0.1, 0.15) is 5.75 Å². The van der Waals surface area contributed by atoms with Crippen molar-refractivity contribution in [2.75, 3.05) is 17.9 Å². The van der Waals surface area contributed by atoms with Crippen LogP contribution >= 0.6 is 15.9 Å². The number of nitrogens with zero attached hydrogens (tertiary/aromatic N) is 1. The molecule has 0 aliphatic carbocycles. The molecule has 0 aliphatic rings. The third-order valence-corrected chi connectivity index (χ3v) is 3.18. The number of rotatable bonds is 4. The van der Waals surface area contributed by atoms with Crippen LogP contribution in [0, 0.1) is 11.6 Å². The van der Waals surface area contributed by atoms with Crippen molar-refractivity contribution in [2.24, 2.45) is 5.84 Å². The van der Waals surface area contributed by atoms with Crippen LogP contribution < -0.4 is 21.3 Å². The first-order chi connectivity index (χ1) is 9.55. The Morgan fingerprint density at radius 2 is 1.90 bits per heavy atom. The molecule has 8 heteroatoms. The Morgan fingerprint density at radius 1 is 1.20 bits per heavy atom. The SMILES string of the molecule is COc1ccc(Br)c(Nc2nc(NN)c(F)cc2F)c1. The number of benzene rings is 1. The molecule has 106 valence electrons. The molecule has 2 aromatic rings. The van der Waals surface area contributed by atoms with Crippen LogP contribution in [0.5, 0.6) is 5.75 Å². The Kier molecular flexibility index (Phi) is 4.35. The molecule has 0 radical (unpaired) electrons. The van der Waals surface area contributed by atoms with E-state index < -0.39 is 11.6 Å². The lowest BCUT2D eigenvalue weighted by Crippen LogP contribution is -2.12. The number of aromatic nitrogens is 1. The fourth-order valence-electron chi connectivity index (χ4n) is 1.51. The molecule has 5 nitrogen and oxygen atoms in total. The summed E-state index contributed by atoms with van der Waals surface area (Å²) in [6.07, 6.45) is 0. The standard InChI is InChI=1S/C12H11BrF2N4O/c1-20-6-2-3-7(13)10(4-6)17-11-8(14)5-9(15)12(18-11)19-16/h2-5H,16H2,1H3,(H2,17,18,19). The second-order valence-electron chi connectivity index (χ2n) is 3.76. The number of anilines is 3. The van der Waals surface area contributed by atoms with Gasteiger partial charge in [0.2, 0.25) is 0 Å². The number of hydrogen-bond donors (Lipinski definition) is 3. The van der Waals surface area contributed by atoms with E-state index >= 15 is 0 Å². The highest BCUT2D eigenvalue weighted by atomic mass is 79.9. The lowest BCUT2D eigenvalue weighted by Gasteiger charge is -2.11. The predicted molar refractivity (Wildman–Crippen MR) is 75.9 cm³/mol. The topological polar surface area (TPSA) is 72.2 Å². The van der Waals surface area contributed by atoms with Gasteiger partial charge in [-0.1, -0.05) is 0 Å². The molecule has 0 saturated heterocycles. The number of ether oxygens (including phenoxy) is 1. The van der Waals surface area contributed by atoms with Gasteiger partial charge in [-0.25, -0.2) is 19.6 Å². The average molecular weight is 345 g/mol. The Balaban J connectivity index is 2.39. The van der Waals surface area contributed by atoms with Crippen molar-refractivity contribution < 1.29 is 13.5 Å². The molecule has 0 amide bonds. The summed E-state index contributed by atoms with van der Waals surface area (Å²) in [4.78, 5) is 3.72. The van der Waals surface area contributed by atoms with Crippen molar-refractivity contribution in [3.8, 4) is 5.75 Å². The van der Waals surface area contributed by atoms with Crippen LogP contribution in [-0.4, -0.2) is 12.1 Å². The van der Waals surface area contributed by atoms with Crippen molar-refractivity contribution in [1.82, 2.24) is 4.98 Å². The first-order valence-corrected chi connectivity index (χ1v) is 6.27. The third kappa shape index (κ3) is 2.97. The highest BCUT2D eigenvalue weighted by Gasteiger charge is 2.13. The van der Waals surface area contributed by atoms with Crippen LogP contribution in [0.4, 0.5) is 26.1 Å². The van der Waals surface area contributed by atoms with Crippen molar-refractivity contribution in [3.05, 3.63) is 40.4 Å². The zero-order valence-corrected chi connectivity index (χ0v) is 12.0. The maximum absolute atomic E-state index is 13.7. The lowest BCUT2D eigenvalue weighted by atomic mass is 10.3. The Bertz CT molecular complexity index is 639. The van der Waals surface area contributed by atoms with Crippen molar-refractivity contribution >= 4 is 33.3 Å². The zero-order chi connectivity index (χ0) is 14.7. The molecule has 0 bridgehead atoms. The summed E-state index contributed by atoms with van der Waals surface area (Å²) in [6, 6.07) is 5.80. The van der Waals surface area contributed by atoms with Gasteiger partial charge in [-0.3, -0.25) is 0 Å². The zero-order valence-electron chi connectivity index (χ0n) is 10.4. The van der Waals surface area contributed by atoms with Gasteiger partial charge in [0.25, 0.3) is 0 Å². The van der Waals surface area contributed by atoms with Crippen molar-refractivity contribution in [2.45, 2.75) is 0 Å². The molecule has 2 rings (SSSR count). The summed E-state index contributed by atoms with van der Waals surface area (Å²) in [7, 11) is 1.51. The normalized spacial score (nSPS) is 10.2. The van der Waals surface area contributed by atoms with E-state index in [9.17, 15) is 8.78 Å². The molecule has 0 atom stereocenters. The van der Waals surface area contributed by atoms with E-state index in [4.69, 9.17) is 10.6 Å². The number of nitrogen functional groups attached to an aromatic ring is 1. The highest BCUT2D eigenvalue weighted by Crippen LogP contribution is 2.30. The maximum Gasteiger partial charge on any atom is 0.178 e. The van der Waals surface area contributed by atoms with E-state index in [0.29, 0.717) is 22.0 Å². The molecule has 20 heavy (non-hydrogen) atoms. The summed E-state index contributed by atoms with van der Waals surface area (Å²) in [5.41, 5.74) is 2.58. The predicted octanol–water partition coefficient (Wildman–Crippen LogP) is 3.16. The smallest absolute Gasteiger partial charge is 0.178 e. The molecule has 0 fully saturated rings. The first-order valence-electron chi connectivity index (χ1n) is 5.48. The molecule has 0 unspecified atom stereocenters. The Morgan fingerprint density at radius 3 is 2.55 bits per heavy atom. The monoisotopic (exact) mass is 344 g/mol. The summed E-state index contributed by atoms with van der Waals surface area (Å²) in [5, 5.41) is 2.74. The number of hydrogen-bond acceptors (Lipinski definition) is 5. The minimum absolute atomic E-state index is 0.159. The van der Waals surface area contributed by atoms with Crippen LogP contribution in [0.2, 0.25) is 0 Å². The largest absolute Gasteiger partial charge is 0.497 e. The van der Waals surface area contributed by atoms with Gasteiger partial charge in [-0.05, 0) is 28.1 Å². The number of nitrogens with one attached hydrogen (secondary N) is 2. The Hall–Kier alpha value is -1.93. The molecule has 4 N–H and O–H groups in total. The number of nitrogens with two attached hydrogens (primary N) is 1. The van der Waals surface area contributed by atoms with Crippen molar-refractivity contribution in [3.63, 3.8) is 0 Å². The average Bonchev–Trinajstić information content (AvgIpc) is 2.44. The summed E-state index contributed by atoms with van der Waals surface area (Å²) in [5.74, 6) is 3.56. The molecular formula is C12H11BrF2N4O. The van der Waals surface area contributed by atoms with Gasteiger partial charge in [-0.2, -0.15) is 0 Å². The van der Waals surface area contributed by atoms with E-state index in [-0.39, 0.29) is 11.6 Å². The van der Waals surface area contributed by atoms with Gasteiger partial charge in [0, 0.05) is 16.6 Å². The summed E-state index contributed by atoms with van der Waals surface area (Å²) >= 11 is 3.31. The molecule has 0 spiro atoms. The fraction of sp³-hybridized carbons (Fsp3) is 0.0833. The second kappa shape index (κ2) is 6.02. The van der Waals surface area contributed by atoms with Crippen LogP contribution in [0.3, 0.4) is 0 Å². The quantitative estimate of drug-likeness (QED) is 0.587. The lowest BCUT2D eigenvalue weighted by molar-refractivity contribution is 0.415. The number of pyridine rings is 1. The third-order valence-electron chi connectivity index (χ3n) is 2.49. The van der Waals surface area contributed by atoms with Gasteiger partial charge in [-0.15, -0.1) is 0 Å². The number of halogens is 3. The Labute approximate surface area is 122 Å². The maximum atomic E-state index is 13.7. The van der Waals surface area contributed by atoms with Crippen LogP contribution in [-0.2, 0) is 0 Å². The molecule has 1 aromatic carbocycles. The number of hydrazine groups is 1. The molecule has 0 saturated carbocycles. The van der Waals surface area contributed by atoms with Gasteiger partial charge in [0.15, 0.2) is 23.3 Å². The van der Waals surface area contributed by atoms with E-state index in [0.717, 1.165) is 0 Å². The molecule has 1 aromatic heterocycles. The summed E-state index contributed by atoms with van der Waals surface area (Å²) < 4.78 is 32.7. The van der Waals surface area contributed by atoms with Gasteiger partial charge in [0.05, 0.1) is 12.8 Å². The first kappa shape index (κ1) is 14.5. The second-order valence-corrected chi connectivity index (χ2v) is 4.62. The minimum Gasteiger partial charge on any atom is -0.497 e. The van der Waals surface area contributed by atoms with E-state index in [1.54, 1.807) is 18.2 Å². The highest BCUT2D eigenvalue weighted by molar-refractivity contribution is 9.10. The molecular weight excluding hydrogens is 334 g/mol. The van der Waals surface area contributed by atoms with Crippen LogP contribution in [0.15, 0.2) is 28.7 Å². The number of methoxy groups -OCH3 is 1. The van der Waals surface area contributed by atoms with Gasteiger partial charge < -0.3 is 15.5 Å². The molecule has 0 aliphatic heterocycles. The van der Waals surface area contributed by atoms with Crippen molar-refractivity contribution in [1.29, 1.82) is 0 Å². The van der Waals surface area contributed by atoms with Gasteiger partial charge >= 0.3 is 0 Å². The molecule has 1 heterocycles. The van der Waals surface area contributed by atoms with Crippen LogP contribution in [0.25, 0.3) is 0 Å².